The molecule has 0 radical (unpaired) electrons. The van der Waals surface area contributed by atoms with Crippen LogP contribution in [0.4, 0.5) is 0 Å². The first kappa shape index (κ1) is 22.4. The molecule has 0 aliphatic carbocycles. The molecule has 3 aromatic carbocycles. The van der Waals surface area contributed by atoms with Gasteiger partial charge in [-0.15, -0.1) is 0 Å². The lowest BCUT2D eigenvalue weighted by molar-refractivity contribution is -0.121. The Morgan fingerprint density at radius 1 is 0.903 bits per heavy atom. The van der Waals surface area contributed by atoms with Crippen LogP contribution in [0, 0.1) is 0 Å². The molecule has 160 valence electrons. The third-order valence-corrected chi connectivity index (χ3v) is 5.01. The van der Waals surface area contributed by atoms with Crippen molar-refractivity contribution in [2.75, 3.05) is 13.7 Å². The third-order valence-electron chi connectivity index (χ3n) is 4.52. The minimum Gasteiger partial charge on any atom is -0.497 e. The Morgan fingerprint density at radius 3 is 2.35 bits per heavy atom. The van der Waals surface area contributed by atoms with Gasteiger partial charge in [-0.2, -0.15) is 0 Å². The number of nitrogens with one attached hydrogen (secondary N) is 2. The molecule has 0 fully saturated rings. The van der Waals surface area contributed by atoms with E-state index < -0.39 is 5.91 Å². The molecule has 0 aliphatic rings. The Hall–Kier alpha value is -3.32. The van der Waals surface area contributed by atoms with E-state index >= 15 is 0 Å². The fraction of sp³-hybridized carbons (Fsp3) is 0.167. The van der Waals surface area contributed by atoms with Gasteiger partial charge < -0.3 is 9.47 Å². The second kappa shape index (κ2) is 11.2. The van der Waals surface area contributed by atoms with Crippen LogP contribution < -0.4 is 20.3 Å². The van der Waals surface area contributed by atoms with E-state index in [1.165, 1.54) is 0 Å². The minimum atomic E-state index is -0.459. The molecule has 2 amide bonds. The third kappa shape index (κ3) is 6.86. The number of carbonyl (C=O) groups is 2. The number of rotatable bonds is 8. The first-order chi connectivity index (χ1) is 15.0. The highest BCUT2D eigenvalue weighted by molar-refractivity contribution is 9.10. The summed E-state index contributed by atoms with van der Waals surface area (Å²) in [6.45, 7) is 0.426. The first-order valence-electron chi connectivity index (χ1n) is 9.73. The highest BCUT2D eigenvalue weighted by Crippen LogP contribution is 2.23. The van der Waals surface area contributed by atoms with Crippen LogP contribution in [0.2, 0.25) is 0 Å². The molecule has 3 aromatic rings. The maximum Gasteiger partial charge on any atom is 0.273 e. The number of amides is 2. The zero-order valence-electron chi connectivity index (χ0n) is 17.1. The van der Waals surface area contributed by atoms with E-state index in [1.54, 1.807) is 49.6 Å². The summed E-state index contributed by atoms with van der Waals surface area (Å²) in [5, 5.41) is 0. The van der Waals surface area contributed by atoms with E-state index in [2.05, 4.69) is 26.8 Å². The van der Waals surface area contributed by atoms with E-state index in [9.17, 15) is 9.59 Å². The van der Waals surface area contributed by atoms with Gasteiger partial charge in [0.2, 0.25) is 5.91 Å². The Labute approximate surface area is 189 Å². The van der Waals surface area contributed by atoms with Crippen LogP contribution in [0.5, 0.6) is 11.5 Å². The normalized spacial score (nSPS) is 10.3. The van der Waals surface area contributed by atoms with Crippen LogP contribution in [-0.2, 0) is 17.6 Å². The first-order valence-corrected chi connectivity index (χ1v) is 10.5. The maximum atomic E-state index is 12.6. The summed E-state index contributed by atoms with van der Waals surface area (Å²) >= 11 is 3.37. The largest absolute Gasteiger partial charge is 0.497 e. The number of hydrogen-bond donors (Lipinski definition) is 2. The maximum absolute atomic E-state index is 12.6. The van der Waals surface area contributed by atoms with Crippen molar-refractivity contribution in [3.05, 3.63) is 94.0 Å². The standard InChI is InChI=1S/C24H23BrN2O4/c1-30-20-10-7-18(8-11-20)15-23(28)26-27-24(29)21-16-19(25)9-12-22(21)31-14-13-17-5-3-2-4-6-17/h2-12,16H,13-15H2,1H3,(H,26,28)(H,27,29). The smallest absolute Gasteiger partial charge is 0.273 e. The van der Waals surface area contributed by atoms with Crippen LogP contribution >= 0.6 is 15.9 Å². The molecule has 0 atom stereocenters. The predicted molar refractivity (Wildman–Crippen MR) is 122 cm³/mol. The fourth-order valence-electron chi connectivity index (χ4n) is 2.90. The molecule has 0 heterocycles. The van der Waals surface area contributed by atoms with Gasteiger partial charge in [-0.25, -0.2) is 0 Å². The van der Waals surface area contributed by atoms with Gasteiger partial charge >= 0.3 is 0 Å². The van der Waals surface area contributed by atoms with Gasteiger partial charge in [-0.3, -0.25) is 20.4 Å². The molecule has 0 aliphatic heterocycles. The van der Waals surface area contributed by atoms with Crippen molar-refractivity contribution < 1.29 is 19.1 Å². The number of methoxy groups -OCH3 is 1. The lowest BCUT2D eigenvalue weighted by Crippen LogP contribution is -2.42. The van der Waals surface area contributed by atoms with Crippen molar-refractivity contribution in [1.82, 2.24) is 10.9 Å². The quantitative estimate of drug-likeness (QED) is 0.474. The summed E-state index contributed by atoms with van der Waals surface area (Å²) in [4.78, 5) is 24.8. The number of ether oxygens (including phenoxy) is 2. The number of hydrogen-bond acceptors (Lipinski definition) is 4. The van der Waals surface area contributed by atoms with E-state index in [4.69, 9.17) is 9.47 Å². The van der Waals surface area contributed by atoms with Crippen LogP contribution in [0.15, 0.2) is 77.3 Å². The van der Waals surface area contributed by atoms with Gasteiger partial charge in [-0.05, 0) is 41.5 Å². The molecular formula is C24H23BrN2O4. The van der Waals surface area contributed by atoms with Crippen molar-refractivity contribution in [2.45, 2.75) is 12.8 Å². The monoisotopic (exact) mass is 482 g/mol. The molecule has 0 saturated heterocycles. The van der Waals surface area contributed by atoms with Gasteiger partial charge in [0.15, 0.2) is 0 Å². The number of halogens is 1. The summed E-state index contributed by atoms with van der Waals surface area (Å²) in [6, 6.07) is 22.3. The van der Waals surface area contributed by atoms with E-state index in [0.717, 1.165) is 22.0 Å². The summed E-state index contributed by atoms with van der Waals surface area (Å²) < 4.78 is 11.7. The average molecular weight is 483 g/mol. The second-order valence-electron chi connectivity index (χ2n) is 6.75. The fourth-order valence-corrected chi connectivity index (χ4v) is 3.26. The van der Waals surface area contributed by atoms with Crippen molar-refractivity contribution in [1.29, 1.82) is 0 Å². The van der Waals surface area contributed by atoms with Crippen LogP contribution in [0.3, 0.4) is 0 Å². The van der Waals surface area contributed by atoms with Gasteiger partial charge in [0.1, 0.15) is 11.5 Å². The van der Waals surface area contributed by atoms with Gasteiger partial charge in [0.25, 0.3) is 5.91 Å². The van der Waals surface area contributed by atoms with Crippen molar-refractivity contribution >= 4 is 27.7 Å². The molecule has 0 saturated carbocycles. The molecule has 2 N–H and O–H groups in total. The van der Waals surface area contributed by atoms with Crippen LogP contribution in [0.25, 0.3) is 0 Å². The highest BCUT2D eigenvalue weighted by Gasteiger charge is 2.15. The second-order valence-corrected chi connectivity index (χ2v) is 7.67. The lowest BCUT2D eigenvalue weighted by Gasteiger charge is -2.13. The van der Waals surface area contributed by atoms with Crippen molar-refractivity contribution in [3.8, 4) is 11.5 Å². The average Bonchev–Trinajstić information content (AvgIpc) is 2.79. The van der Waals surface area contributed by atoms with E-state index in [1.807, 2.05) is 30.3 Å². The Balaban J connectivity index is 1.55. The molecule has 31 heavy (non-hydrogen) atoms. The molecule has 0 bridgehead atoms. The molecule has 7 heteroatoms. The Morgan fingerprint density at radius 2 is 1.65 bits per heavy atom. The molecule has 0 spiro atoms. The predicted octanol–water partition coefficient (Wildman–Crippen LogP) is 4.08. The minimum absolute atomic E-state index is 0.128. The number of hydrazine groups is 1. The highest BCUT2D eigenvalue weighted by atomic mass is 79.9. The van der Waals surface area contributed by atoms with Gasteiger partial charge in [-0.1, -0.05) is 58.4 Å². The number of carbonyl (C=O) groups excluding carboxylic acids is 2. The molecule has 0 aromatic heterocycles. The summed E-state index contributed by atoms with van der Waals surface area (Å²) in [7, 11) is 1.58. The van der Waals surface area contributed by atoms with E-state index in [-0.39, 0.29) is 12.3 Å². The van der Waals surface area contributed by atoms with Gasteiger partial charge in [0, 0.05) is 10.9 Å². The van der Waals surface area contributed by atoms with Crippen LogP contribution in [-0.4, -0.2) is 25.5 Å². The zero-order chi connectivity index (χ0) is 22.1. The van der Waals surface area contributed by atoms with Crippen molar-refractivity contribution in [2.24, 2.45) is 0 Å². The Kier molecular flexibility index (Phi) is 8.06. The number of benzene rings is 3. The van der Waals surface area contributed by atoms with E-state index in [0.29, 0.717) is 23.7 Å². The molecular weight excluding hydrogens is 460 g/mol. The SMILES string of the molecule is COc1ccc(CC(=O)NNC(=O)c2cc(Br)ccc2OCCc2ccccc2)cc1. The van der Waals surface area contributed by atoms with Crippen LogP contribution in [0.1, 0.15) is 21.5 Å². The summed E-state index contributed by atoms with van der Waals surface area (Å²) in [5.41, 5.74) is 7.18. The van der Waals surface area contributed by atoms with Crippen molar-refractivity contribution in [3.63, 3.8) is 0 Å². The molecule has 3 rings (SSSR count). The molecule has 0 unspecified atom stereocenters. The van der Waals surface area contributed by atoms with Gasteiger partial charge in [0.05, 0.1) is 25.7 Å². The summed E-state index contributed by atoms with van der Waals surface area (Å²) in [5.74, 6) is 0.368. The summed E-state index contributed by atoms with van der Waals surface area (Å²) in [6.07, 6.45) is 0.847. The zero-order valence-corrected chi connectivity index (χ0v) is 18.6. The molecule has 6 nitrogen and oxygen atoms in total. The lowest BCUT2D eigenvalue weighted by atomic mass is 10.1. The topological polar surface area (TPSA) is 76.7 Å². The Bertz CT molecular complexity index is 1020.